The van der Waals surface area contributed by atoms with Gasteiger partial charge in [-0.15, -0.1) is 0 Å². The zero-order chi connectivity index (χ0) is 32.6. The van der Waals surface area contributed by atoms with E-state index < -0.39 is 29.7 Å². The maximum absolute atomic E-state index is 12.7. The number of hydrogen-bond acceptors (Lipinski definition) is 8. The van der Waals surface area contributed by atoms with Crippen molar-refractivity contribution in [2.75, 3.05) is 6.54 Å². The number of carbonyl (C=O) groups excluding carboxylic acids is 2. The maximum Gasteiger partial charge on any atom is 0.471 e. The number of amides is 2. The van der Waals surface area contributed by atoms with Crippen molar-refractivity contribution in [3.63, 3.8) is 0 Å². The van der Waals surface area contributed by atoms with Crippen LogP contribution in [0.5, 0.6) is 0 Å². The maximum atomic E-state index is 12.7. The lowest BCUT2D eigenvalue weighted by molar-refractivity contribution is -0.160. The molecule has 45 heavy (non-hydrogen) atoms. The van der Waals surface area contributed by atoms with Gasteiger partial charge < -0.3 is 18.8 Å². The molecule has 10 nitrogen and oxygen atoms in total. The molecule has 0 bridgehead atoms. The molecule has 2 aromatic heterocycles. The Morgan fingerprint density at radius 2 is 1.60 bits per heavy atom. The molecule has 0 saturated carbocycles. The average molecular weight is 639 g/mol. The Morgan fingerprint density at radius 3 is 2.13 bits per heavy atom. The summed E-state index contributed by atoms with van der Waals surface area (Å²) in [4.78, 5) is 34.1. The molecular formula is C29H28F6N6O4. The Bertz CT molecular complexity index is 1610. The highest BCUT2D eigenvalue weighted by molar-refractivity contribution is 5.80. The number of hydrogen-bond donors (Lipinski definition) is 0. The van der Waals surface area contributed by atoms with E-state index in [1.165, 1.54) is 0 Å². The lowest BCUT2D eigenvalue weighted by Gasteiger charge is -2.38. The molecule has 2 fully saturated rings. The van der Waals surface area contributed by atoms with E-state index in [0.29, 0.717) is 44.3 Å². The largest absolute Gasteiger partial charge is 0.471 e. The van der Waals surface area contributed by atoms with Crippen molar-refractivity contribution in [3.05, 3.63) is 71.2 Å². The van der Waals surface area contributed by atoms with Gasteiger partial charge in [0.2, 0.25) is 23.5 Å². The van der Waals surface area contributed by atoms with Crippen molar-refractivity contribution in [1.29, 1.82) is 0 Å². The Morgan fingerprint density at radius 1 is 0.933 bits per heavy atom. The fraction of sp³-hybridized carbons (Fsp3) is 0.448. The van der Waals surface area contributed by atoms with Gasteiger partial charge in [-0.3, -0.25) is 9.59 Å². The average Bonchev–Trinajstić information content (AvgIpc) is 3.79. The van der Waals surface area contributed by atoms with E-state index in [0.717, 1.165) is 17.6 Å². The number of halogens is 6. The van der Waals surface area contributed by atoms with Crippen LogP contribution in [0.1, 0.15) is 69.1 Å². The molecule has 240 valence electrons. The van der Waals surface area contributed by atoms with E-state index >= 15 is 0 Å². The summed E-state index contributed by atoms with van der Waals surface area (Å²) in [5.41, 5.74) is 1.06. The summed E-state index contributed by atoms with van der Waals surface area (Å²) in [5, 5.41) is 6.85. The molecule has 2 amide bonds. The Labute approximate surface area is 252 Å². The van der Waals surface area contributed by atoms with Crippen LogP contribution in [0.4, 0.5) is 26.3 Å². The van der Waals surface area contributed by atoms with E-state index in [4.69, 9.17) is 0 Å². The first-order valence-electron chi connectivity index (χ1n) is 14.0. The third-order valence-corrected chi connectivity index (χ3v) is 7.75. The second-order valence-electron chi connectivity index (χ2n) is 11.0. The van der Waals surface area contributed by atoms with Crippen LogP contribution < -0.4 is 0 Å². The van der Waals surface area contributed by atoms with E-state index in [2.05, 4.69) is 29.3 Å². The molecule has 1 aliphatic carbocycles. The van der Waals surface area contributed by atoms with Crippen LogP contribution in [-0.4, -0.2) is 54.5 Å². The molecule has 2 aliphatic heterocycles. The molecular weight excluding hydrogens is 610 g/mol. The zero-order valence-electron chi connectivity index (χ0n) is 24.2. The van der Waals surface area contributed by atoms with E-state index in [-0.39, 0.29) is 29.5 Å². The van der Waals surface area contributed by atoms with Crippen LogP contribution in [0.3, 0.4) is 0 Å². The fourth-order valence-electron chi connectivity index (χ4n) is 5.49. The van der Waals surface area contributed by atoms with Gasteiger partial charge in [0.15, 0.2) is 0 Å². The standard InChI is InChI=1S/C15H14F3N3O2.C14H14F3N3O2/c1-9-2-7-12(22)21(9)8-10-3-5-11(6-4-10)13-19-14(23-20-13)15(16,17)18;1-9-4-2-6-13(8-9,20-7-3-5-10(20)21)11-18-12(22-19-11)14(15,16)17/h3-6,9H,2,7-8H2,1H3;2,4,8H,3,5-7H2,1H3. The zero-order valence-corrected chi connectivity index (χ0v) is 24.2. The highest BCUT2D eigenvalue weighted by Gasteiger charge is 2.48. The molecule has 2 saturated heterocycles. The van der Waals surface area contributed by atoms with Gasteiger partial charge in [0.1, 0.15) is 5.54 Å². The van der Waals surface area contributed by atoms with Crippen molar-refractivity contribution in [2.24, 2.45) is 0 Å². The predicted octanol–water partition coefficient (Wildman–Crippen LogP) is 6.08. The monoisotopic (exact) mass is 638 g/mol. The normalized spacial score (nSPS) is 22.1. The van der Waals surface area contributed by atoms with Crippen molar-refractivity contribution >= 4 is 11.8 Å². The quantitative estimate of drug-likeness (QED) is 0.309. The third-order valence-electron chi connectivity index (χ3n) is 7.75. The summed E-state index contributed by atoms with van der Waals surface area (Å²) < 4.78 is 84.1. The number of carbonyl (C=O) groups is 2. The number of aromatic nitrogens is 4. The van der Waals surface area contributed by atoms with Gasteiger partial charge >= 0.3 is 24.1 Å². The van der Waals surface area contributed by atoms with Crippen molar-refractivity contribution < 1.29 is 45.0 Å². The van der Waals surface area contributed by atoms with Gasteiger partial charge in [-0.1, -0.05) is 52.3 Å². The molecule has 4 heterocycles. The number of allylic oxidation sites excluding steroid dienone is 2. The molecule has 2 atom stereocenters. The first-order valence-corrected chi connectivity index (χ1v) is 14.0. The molecule has 0 radical (unpaired) electrons. The molecule has 6 rings (SSSR count). The van der Waals surface area contributed by atoms with Gasteiger partial charge in [-0.2, -0.15) is 36.3 Å². The minimum Gasteiger partial charge on any atom is -0.336 e. The van der Waals surface area contributed by atoms with Crippen molar-refractivity contribution in [1.82, 2.24) is 30.1 Å². The first kappa shape index (κ1) is 31.9. The molecule has 3 aliphatic rings. The van der Waals surface area contributed by atoms with Crippen LogP contribution in [0, 0.1) is 0 Å². The summed E-state index contributed by atoms with van der Waals surface area (Å²) >= 11 is 0. The summed E-state index contributed by atoms with van der Waals surface area (Å²) in [6.07, 6.45) is -1.18. The van der Waals surface area contributed by atoms with Gasteiger partial charge in [-0.25, -0.2) is 0 Å². The first-order chi connectivity index (χ1) is 21.2. The Kier molecular flexibility index (Phi) is 8.60. The summed E-state index contributed by atoms with van der Waals surface area (Å²) in [5.74, 6) is -3.00. The number of nitrogens with zero attached hydrogens (tertiary/aromatic N) is 6. The molecule has 2 unspecified atom stereocenters. The molecule has 0 N–H and O–H groups in total. The van der Waals surface area contributed by atoms with E-state index in [1.54, 1.807) is 40.1 Å². The van der Waals surface area contributed by atoms with Gasteiger partial charge in [0, 0.05) is 44.0 Å². The van der Waals surface area contributed by atoms with Crippen LogP contribution >= 0.6 is 0 Å². The summed E-state index contributed by atoms with van der Waals surface area (Å²) in [6.45, 7) is 4.76. The van der Waals surface area contributed by atoms with E-state index in [1.807, 2.05) is 26.0 Å². The fourth-order valence-corrected chi connectivity index (χ4v) is 5.49. The van der Waals surface area contributed by atoms with Crippen molar-refractivity contribution in [3.8, 4) is 11.4 Å². The Hall–Kier alpha value is -4.50. The minimum absolute atomic E-state index is 0.113. The topological polar surface area (TPSA) is 118 Å². The van der Waals surface area contributed by atoms with Gasteiger partial charge in [0.05, 0.1) is 0 Å². The van der Waals surface area contributed by atoms with Crippen molar-refractivity contribution in [2.45, 2.75) is 76.4 Å². The minimum atomic E-state index is -4.70. The molecule has 16 heteroatoms. The Balaban J connectivity index is 0.000000178. The molecule has 1 aromatic carbocycles. The predicted molar refractivity (Wildman–Crippen MR) is 143 cm³/mol. The van der Waals surface area contributed by atoms with E-state index in [9.17, 15) is 35.9 Å². The number of rotatable bonds is 5. The second kappa shape index (κ2) is 12.1. The van der Waals surface area contributed by atoms with Crippen LogP contribution in [0.15, 0.2) is 57.1 Å². The highest BCUT2D eigenvalue weighted by atomic mass is 19.4. The van der Waals surface area contributed by atoms with Gasteiger partial charge in [-0.05, 0) is 38.3 Å². The SMILES string of the molecule is CC1=CC(c2noc(C(F)(F)F)n2)(N2CCCC2=O)CC=C1.CC1CCC(=O)N1Cc1ccc(-c2noc(C(F)(F)F)n2)cc1. The molecule has 0 spiro atoms. The smallest absolute Gasteiger partial charge is 0.336 e. The van der Waals surface area contributed by atoms with Crippen LogP contribution in [0.25, 0.3) is 11.4 Å². The highest BCUT2D eigenvalue weighted by Crippen LogP contribution is 2.40. The number of likely N-dealkylation sites (tertiary alicyclic amines) is 2. The van der Waals surface area contributed by atoms with Gasteiger partial charge in [0.25, 0.3) is 0 Å². The summed E-state index contributed by atoms with van der Waals surface area (Å²) in [7, 11) is 0. The lowest BCUT2D eigenvalue weighted by Crippen LogP contribution is -2.47. The van der Waals surface area contributed by atoms with Crippen LogP contribution in [-0.2, 0) is 34.0 Å². The summed E-state index contributed by atoms with van der Waals surface area (Å²) in [6, 6.07) is 6.93. The second-order valence-corrected chi connectivity index (χ2v) is 11.0. The third kappa shape index (κ3) is 6.78. The lowest BCUT2D eigenvalue weighted by atomic mass is 9.86. The number of alkyl halides is 6. The molecule has 3 aromatic rings. The van der Waals surface area contributed by atoms with Crippen LogP contribution in [0.2, 0.25) is 0 Å². The number of benzene rings is 1.